The largest absolute Gasteiger partial charge is 0.469 e. The summed E-state index contributed by atoms with van der Waals surface area (Å²) in [6.45, 7) is 9.55. The summed E-state index contributed by atoms with van der Waals surface area (Å²) in [5.74, 6) is 0.752. The molecular formula is C17H21N3O2. The van der Waals surface area contributed by atoms with Gasteiger partial charge in [-0.1, -0.05) is 36.4 Å². The van der Waals surface area contributed by atoms with Crippen molar-refractivity contribution in [3.8, 4) is 0 Å². The van der Waals surface area contributed by atoms with Crippen LogP contribution >= 0.6 is 0 Å². The number of hydrogen-bond acceptors (Lipinski definition) is 4. The van der Waals surface area contributed by atoms with Gasteiger partial charge in [-0.05, 0) is 26.3 Å². The van der Waals surface area contributed by atoms with Gasteiger partial charge in [0.1, 0.15) is 5.82 Å². The molecule has 0 fully saturated rings. The molecule has 116 valence electrons. The molecule has 0 bridgehead atoms. The van der Waals surface area contributed by atoms with E-state index in [1.165, 1.54) is 5.56 Å². The minimum Gasteiger partial charge on any atom is -0.469 e. The second kappa shape index (κ2) is 6.47. The van der Waals surface area contributed by atoms with E-state index in [1.54, 1.807) is 12.3 Å². The Kier molecular flexibility index (Phi) is 4.65. The van der Waals surface area contributed by atoms with Crippen molar-refractivity contribution in [3.05, 3.63) is 59.8 Å². The number of rotatable bonds is 5. The van der Waals surface area contributed by atoms with Crippen LogP contribution in [0.25, 0.3) is 0 Å². The lowest BCUT2D eigenvalue weighted by Gasteiger charge is -2.27. The molecule has 2 N–H and O–H groups in total. The van der Waals surface area contributed by atoms with Crippen LogP contribution in [0.3, 0.4) is 0 Å². The fourth-order valence-corrected chi connectivity index (χ4v) is 2.07. The summed E-state index contributed by atoms with van der Waals surface area (Å²) in [5.41, 5.74) is 1.77. The molecule has 0 saturated carbocycles. The Bertz CT molecular complexity index is 628. The number of hydrogen-bond donors (Lipinski definition) is 2. The van der Waals surface area contributed by atoms with E-state index in [9.17, 15) is 4.79 Å². The molecule has 1 amide bonds. The van der Waals surface area contributed by atoms with E-state index in [-0.39, 0.29) is 12.5 Å². The lowest BCUT2D eigenvalue weighted by Crippen LogP contribution is -2.43. The Balaban J connectivity index is 1.90. The van der Waals surface area contributed by atoms with Crippen LogP contribution < -0.4 is 10.6 Å². The summed E-state index contributed by atoms with van der Waals surface area (Å²) in [6, 6.07) is 8.09. The second-order valence-corrected chi connectivity index (χ2v) is 5.71. The van der Waals surface area contributed by atoms with E-state index in [0.717, 1.165) is 5.56 Å². The number of carbonyl (C=O) groups is 1. The molecule has 1 aromatic carbocycles. The van der Waals surface area contributed by atoms with Gasteiger partial charge >= 0.3 is 0 Å². The normalized spacial score (nSPS) is 14.1. The summed E-state index contributed by atoms with van der Waals surface area (Å²) >= 11 is 0. The zero-order chi connectivity index (χ0) is 16.2. The third-order valence-corrected chi connectivity index (χ3v) is 3.31. The molecule has 1 aromatic rings. The topological polar surface area (TPSA) is 62.7 Å². The van der Waals surface area contributed by atoms with Crippen molar-refractivity contribution in [1.29, 1.82) is 0 Å². The van der Waals surface area contributed by atoms with E-state index in [1.807, 2.05) is 45.0 Å². The Morgan fingerprint density at radius 1 is 1.36 bits per heavy atom. The second-order valence-electron chi connectivity index (χ2n) is 5.71. The number of aryl methyl sites for hydroxylation is 1. The zero-order valence-corrected chi connectivity index (χ0v) is 13.1. The first kappa shape index (κ1) is 15.8. The average Bonchev–Trinajstić information content (AvgIpc) is 2.45. The molecule has 1 aliphatic rings. The summed E-state index contributed by atoms with van der Waals surface area (Å²) in [7, 11) is 0. The number of aliphatic imine (C=N–C) groups is 1. The molecule has 0 unspecified atom stereocenters. The first-order valence-electron chi connectivity index (χ1n) is 7.08. The van der Waals surface area contributed by atoms with E-state index in [2.05, 4.69) is 22.2 Å². The summed E-state index contributed by atoms with van der Waals surface area (Å²) in [5, 5.41) is 5.81. The van der Waals surface area contributed by atoms with Crippen LogP contribution in [0.1, 0.15) is 25.0 Å². The Morgan fingerprint density at radius 2 is 2.05 bits per heavy atom. The highest BCUT2D eigenvalue weighted by molar-refractivity contribution is 5.78. The highest BCUT2D eigenvalue weighted by atomic mass is 16.5. The molecule has 1 heterocycles. The molecule has 2 rings (SSSR count). The molecule has 22 heavy (non-hydrogen) atoms. The zero-order valence-electron chi connectivity index (χ0n) is 13.1. The molecule has 0 atom stereocenters. The maximum atomic E-state index is 12.1. The number of amides is 1. The van der Waals surface area contributed by atoms with Gasteiger partial charge in [-0.25, -0.2) is 4.99 Å². The Labute approximate surface area is 130 Å². The predicted molar refractivity (Wildman–Crippen MR) is 87.2 cm³/mol. The first-order chi connectivity index (χ1) is 10.4. The van der Waals surface area contributed by atoms with Crippen molar-refractivity contribution in [1.82, 2.24) is 10.6 Å². The number of carbonyl (C=O) groups excluding carboxylic acids is 1. The van der Waals surface area contributed by atoms with Crippen LogP contribution in [0.15, 0.2) is 53.6 Å². The van der Waals surface area contributed by atoms with Gasteiger partial charge in [0.15, 0.2) is 12.5 Å². The summed E-state index contributed by atoms with van der Waals surface area (Å²) in [6.07, 6.45) is 3.22. The fraction of sp³-hybridized carbons (Fsp3) is 0.294. The molecule has 1 aliphatic heterocycles. The van der Waals surface area contributed by atoms with Gasteiger partial charge in [0.05, 0.1) is 5.54 Å². The molecule has 0 aromatic heterocycles. The van der Waals surface area contributed by atoms with Crippen LogP contribution in [-0.4, -0.2) is 18.7 Å². The van der Waals surface area contributed by atoms with Gasteiger partial charge in [0.2, 0.25) is 0 Å². The molecule has 0 radical (unpaired) electrons. The van der Waals surface area contributed by atoms with E-state index in [0.29, 0.717) is 11.7 Å². The van der Waals surface area contributed by atoms with Crippen molar-refractivity contribution in [2.45, 2.75) is 26.3 Å². The molecule has 5 nitrogen and oxygen atoms in total. The Morgan fingerprint density at radius 3 is 2.68 bits per heavy atom. The van der Waals surface area contributed by atoms with Crippen molar-refractivity contribution in [3.63, 3.8) is 0 Å². The number of nitrogens with one attached hydrogen (secondary N) is 2. The van der Waals surface area contributed by atoms with E-state index in [4.69, 9.17) is 4.74 Å². The minimum absolute atomic E-state index is 0.0742. The van der Waals surface area contributed by atoms with Crippen LogP contribution in [-0.2, 0) is 15.1 Å². The smallest absolute Gasteiger partial charge is 0.258 e. The third-order valence-electron chi connectivity index (χ3n) is 3.31. The standard InChI is InChI=1S/C17H21N3O2/c1-12-5-7-14(8-6-12)17(3,4)20-15(21)11-22-16-9-10-18-13(2)19-16/h5-10,19H,2,11H2,1,3-4H3,(H,20,21). The maximum absolute atomic E-state index is 12.1. The highest BCUT2D eigenvalue weighted by Gasteiger charge is 2.23. The summed E-state index contributed by atoms with van der Waals surface area (Å²) in [4.78, 5) is 16.0. The van der Waals surface area contributed by atoms with Crippen molar-refractivity contribution in [2.75, 3.05) is 6.61 Å². The van der Waals surface area contributed by atoms with Gasteiger partial charge in [-0.3, -0.25) is 4.79 Å². The summed E-state index contributed by atoms with van der Waals surface area (Å²) < 4.78 is 5.40. The van der Waals surface area contributed by atoms with Gasteiger partial charge in [-0.2, -0.15) is 0 Å². The monoisotopic (exact) mass is 299 g/mol. The van der Waals surface area contributed by atoms with Crippen LogP contribution in [0, 0.1) is 6.92 Å². The van der Waals surface area contributed by atoms with Gasteiger partial charge < -0.3 is 15.4 Å². The van der Waals surface area contributed by atoms with Crippen molar-refractivity contribution < 1.29 is 9.53 Å². The lowest BCUT2D eigenvalue weighted by atomic mass is 9.93. The van der Waals surface area contributed by atoms with E-state index >= 15 is 0 Å². The van der Waals surface area contributed by atoms with Crippen molar-refractivity contribution >= 4 is 12.1 Å². The van der Waals surface area contributed by atoms with Crippen molar-refractivity contribution in [2.24, 2.45) is 4.99 Å². The highest BCUT2D eigenvalue weighted by Crippen LogP contribution is 2.20. The molecule has 0 aliphatic carbocycles. The number of allylic oxidation sites excluding steroid dienone is 1. The molecule has 0 spiro atoms. The van der Waals surface area contributed by atoms with Gasteiger partial charge in [0.25, 0.3) is 5.91 Å². The average molecular weight is 299 g/mol. The Hall–Kier alpha value is -2.56. The SMILES string of the molecule is C=C1N=CC=C(OCC(=O)NC(C)(C)c2ccc(C)cc2)N1. The quantitative estimate of drug-likeness (QED) is 0.877. The fourth-order valence-electron chi connectivity index (χ4n) is 2.07. The van der Waals surface area contributed by atoms with Crippen LogP contribution in [0.2, 0.25) is 0 Å². The number of ether oxygens (including phenoxy) is 1. The minimum atomic E-state index is -0.465. The lowest BCUT2D eigenvalue weighted by molar-refractivity contribution is -0.126. The van der Waals surface area contributed by atoms with Gasteiger partial charge in [0, 0.05) is 12.3 Å². The first-order valence-corrected chi connectivity index (χ1v) is 7.08. The van der Waals surface area contributed by atoms with Crippen LogP contribution in [0.5, 0.6) is 0 Å². The third kappa shape index (κ3) is 4.22. The number of benzene rings is 1. The number of nitrogens with zero attached hydrogens (tertiary/aromatic N) is 1. The van der Waals surface area contributed by atoms with Gasteiger partial charge in [-0.15, -0.1) is 0 Å². The maximum Gasteiger partial charge on any atom is 0.258 e. The molecular weight excluding hydrogens is 278 g/mol. The molecule has 5 heteroatoms. The van der Waals surface area contributed by atoms with E-state index < -0.39 is 5.54 Å². The predicted octanol–water partition coefficient (Wildman–Crippen LogP) is 2.35. The molecule has 0 saturated heterocycles. The van der Waals surface area contributed by atoms with Crippen LogP contribution in [0.4, 0.5) is 0 Å².